The third-order valence-corrected chi connectivity index (χ3v) is 4.77. The molecule has 0 bridgehead atoms. The zero-order valence-corrected chi connectivity index (χ0v) is 19.3. The monoisotopic (exact) mass is 455 g/mol. The number of allylic oxidation sites excluding steroid dienone is 7. The number of guanidine groups is 1. The molecule has 3 heterocycles. The maximum absolute atomic E-state index is 6.11. The largest absolute Gasteiger partial charge is 0.495 e. The third-order valence-electron chi connectivity index (χ3n) is 4.77. The van der Waals surface area contributed by atoms with E-state index in [1.165, 1.54) is 0 Å². The molecule has 0 unspecified atom stereocenters. The molecule has 3 N–H and O–H groups in total. The first-order chi connectivity index (χ1) is 16.6. The Morgan fingerprint density at radius 1 is 1.21 bits per heavy atom. The van der Waals surface area contributed by atoms with Crippen LogP contribution >= 0.6 is 0 Å². The number of pyridine rings is 1. The van der Waals surface area contributed by atoms with Gasteiger partial charge in [-0.25, -0.2) is 15.0 Å². The molecule has 1 aliphatic rings. The number of aliphatic imine (C=N–C) groups is 2. The summed E-state index contributed by atoms with van der Waals surface area (Å²) in [6.07, 6.45) is 16.4. The van der Waals surface area contributed by atoms with Crippen LogP contribution < -0.4 is 11.1 Å². The highest BCUT2D eigenvalue weighted by Crippen LogP contribution is 2.33. The second kappa shape index (κ2) is 12.6. The van der Waals surface area contributed by atoms with Gasteiger partial charge in [-0.15, -0.1) is 0 Å². The standard InChI is InChI=1S/C27H29N5O2/c1-4-6-8-10-20(3)18-30-25-16-21(12-13-29-25)23-17-22(19-33-14-7-5-2)31-27(28)32-26(23)24-11-9-15-34-24/h4-16H,1-2,17-19H2,3H3,(H2,28,32)(H,29,30)/b8-6-,14-7-,20-10+. The molecule has 0 aliphatic carbocycles. The summed E-state index contributed by atoms with van der Waals surface area (Å²) in [5.41, 5.74) is 10.5. The molecule has 0 saturated heterocycles. The Hall–Kier alpha value is -4.39. The number of hydrogen-bond acceptors (Lipinski definition) is 7. The van der Waals surface area contributed by atoms with E-state index in [4.69, 9.17) is 14.9 Å². The molecule has 0 aromatic carbocycles. The molecule has 34 heavy (non-hydrogen) atoms. The van der Waals surface area contributed by atoms with Gasteiger partial charge in [-0.1, -0.05) is 49.1 Å². The fourth-order valence-electron chi connectivity index (χ4n) is 3.19. The maximum Gasteiger partial charge on any atom is 0.220 e. The van der Waals surface area contributed by atoms with E-state index in [9.17, 15) is 0 Å². The van der Waals surface area contributed by atoms with Crippen molar-refractivity contribution < 1.29 is 9.15 Å². The van der Waals surface area contributed by atoms with Crippen LogP contribution in [-0.4, -0.2) is 29.8 Å². The Morgan fingerprint density at radius 3 is 2.82 bits per heavy atom. The summed E-state index contributed by atoms with van der Waals surface area (Å²) in [6.45, 7) is 10.3. The van der Waals surface area contributed by atoms with E-state index in [0.29, 0.717) is 24.4 Å². The van der Waals surface area contributed by atoms with E-state index in [1.54, 1.807) is 37.0 Å². The van der Waals surface area contributed by atoms with Crippen LogP contribution in [0, 0.1) is 0 Å². The number of hydrogen-bond donors (Lipinski definition) is 2. The van der Waals surface area contributed by atoms with E-state index >= 15 is 0 Å². The molecule has 2 aromatic heterocycles. The van der Waals surface area contributed by atoms with Crippen LogP contribution in [0.2, 0.25) is 0 Å². The summed E-state index contributed by atoms with van der Waals surface area (Å²) >= 11 is 0. The van der Waals surface area contributed by atoms with Crippen molar-refractivity contribution in [1.82, 2.24) is 4.98 Å². The normalized spacial score (nSPS) is 14.7. The SMILES string of the molecule is C=C/C=C\C=C(/C)CNc1cc(C2=C(c3ccco3)N=C(N)N=C(CO/C=C\C=C)C2)ccn1. The molecular formula is C27H29N5O2. The molecule has 0 saturated carbocycles. The van der Waals surface area contributed by atoms with Gasteiger partial charge < -0.3 is 20.2 Å². The van der Waals surface area contributed by atoms with Gasteiger partial charge in [0.25, 0.3) is 0 Å². The topological polar surface area (TPSA) is 98.0 Å². The predicted molar refractivity (Wildman–Crippen MR) is 140 cm³/mol. The number of aromatic nitrogens is 1. The molecular weight excluding hydrogens is 426 g/mol. The highest BCUT2D eigenvalue weighted by molar-refractivity contribution is 6.10. The number of nitrogens with two attached hydrogens (primary N) is 1. The molecule has 174 valence electrons. The third kappa shape index (κ3) is 7.06. The summed E-state index contributed by atoms with van der Waals surface area (Å²) in [5.74, 6) is 1.50. The van der Waals surface area contributed by atoms with Crippen LogP contribution in [-0.2, 0) is 4.74 Å². The van der Waals surface area contributed by atoms with Crippen molar-refractivity contribution in [3.05, 3.63) is 109 Å². The second-order valence-corrected chi connectivity index (χ2v) is 7.42. The lowest BCUT2D eigenvalue weighted by Gasteiger charge is -2.13. The first kappa shape index (κ1) is 24.3. The highest BCUT2D eigenvalue weighted by Gasteiger charge is 2.20. The van der Waals surface area contributed by atoms with E-state index < -0.39 is 0 Å². The van der Waals surface area contributed by atoms with Crippen LogP contribution in [0.3, 0.4) is 0 Å². The molecule has 0 atom stereocenters. The number of nitrogens with zero attached hydrogens (tertiary/aromatic N) is 3. The maximum atomic E-state index is 6.11. The van der Waals surface area contributed by atoms with Crippen molar-refractivity contribution in [1.29, 1.82) is 0 Å². The number of rotatable bonds is 11. The van der Waals surface area contributed by atoms with Crippen molar-refractivity contribution in [2.45, 2.75) is 13.3 Å². The van der Waals surface area contributed by atoms with Gasteiger partial charge in [0, 0.05) is 19.2 Å². The fraction of sp³-hybridized carbons (Fsp3) is 0.148. The lowest BCUT2D eigenvalue weighted by Crippen LogP contribution is -2.14. The molecule has 0 spiro atoms. The number of ether oxygens (including phenoxy) is 1. The van der Waals surface area contributed by atoms with E-state index in [2.05, 4.69) is 33.4 Å². The lowest BCUT2D eigenvalue weighted by molar-refractivity contribution is 0.301. The van der Waals surface area contributed by atoms with Crippen molar-refractivity contribution in [3.8, 4) is 0 Å². The highest BCUT2D eigenvalue weighted by atomic mass is 16.5. The Kier molecular flexibility index (Phi) is 8.99. The van der Waals surface area contributed by atoms with Crippen LogP contribution in [0.4, 0.5) is 5.82 Å². The number of anilines is 1. The number of nitrogens with one attached hydrogen (secondary N) is 1. The summed E-state index contributed by atoms with van der Waals surface area (Å²) in [5, 5.41) is 3.37. The molecule has 7 heteroatoms. The Balaban J connectivity index is 1.91. The molecule has 2 aromatic rings. The molecule has 0 fully saturated rings. The van der Waals surface area contributed by atoms with Gasteiger partial charge in [0.2, 0.25) is 5.96 Å². The van der Waals surface area contributed by atoms with E-state index in [1.807, 2.05) is 49.4 Å². The molecule has 7 nitrogen and oxygen atoms in total. The van der Waals surface area contributed by atoms with Crippen molar-refractivity contribution >= 4 is 28.8 Å². The zero-order chi connectivity index (χ0) is 24.2. The van der Waals surface area contributed by atoms with E-state index in [-0.39, 0.29) is 12.6 Å². The minimum atomic E-state index is 0.147. The van der Waals surface area contributed by atoms with Crippen LogP contribution in [0.5, 0.6) is 0 Å². The number of furan rings is 1. The second-order valence-electron chi connectivity index (χ2n) is 7.42. The van der Waals surface area contributed by atoms with Gasteiger partial charge in [-0.05, 0) is 48.4 Å². The Bertz CT molecular complexity index is 1180. The average Bonchev–Trinajstić information content (AvgIpc) is 3.32. The van der Waals surface area contributed by atoms with Crippen molar-refractivity contribution in [2.75, 3.05) is 18.5 Å². The summed E-state index contributed by atoms with van der Waals surface area (Å²) < 4.78 is 11.2. The predicted octanol–water partition coefficient (Wildman–Crippen LogP) is 5.52. The summed E-state index contributed by atoms with van der Waals surface area (Å²) in [6, 6.07) is 7.59. The minimum Gasteiger partial charge on any atom is -0.495 e. The fourth-order valence-corrected chi connectivity index (χ4v) is 3.19. The first-order valence-corrected chi connectivity index (χ1v) is 10.8. The molecule has 1 aliphatic heterocycles. The van der Waals surface area contributed by atoms with Gasteiger partial charge in [0.05, 0.1) is 18.2 Å². The van der Waals surface area contributed by atoms with Crippen molar-refractivity contribution in [3.63, 3.8) is 0 Å². The molecule has 0 radical (unpaired) electrons. The summed E-state index contributed by atoms with van der Waals surface area (Å²) in [4.78, 5) is 13.5. The Labute approximate surface area is 200 Å². The van der Waals surface area contributed by atoms with Crippen LogP contribution in [0.1, 0.15) is 24.7 Å². The van der Waals surface area contributed by atoms with Crippen LogP contribution in [0.15, 0.2) is 113 Å². The van der Waals surface area contributed by atoms with Gasteiger partial charge in [0.1, 0.15) is 18.1 Å². The zero-order valence-electron chi connectivity index (χ0n) is 19.3. The minimum absolute atomic E-state index is 0.147. The average molecular weight is 456 g/mol. The lowest BCUT2D eigenvalue weighted by atomic mass is 9.98. The van der Waals surface area contributed by atoms with Crippen LogP contribution in [0.25, 0.3) is 11.3 Å². The van der Waals surface area contributed by atoms with Gasteiger partial charge in [-0.2, -0.15) is 0 Å². The van der Waals surface area contributed by atoms with Crippen molar-refractivity contribution in [2.24, 2.45) is 15.7 Å². The Morgan fingerprint density at radius 2 is 2.06 bits per heavy atom. The van der Waals surface area contributed by atoms with E-state index in [0.717, 1.165) is 28.2 Å². The molecule has 0 amide bonds. The van der Waals surface area contributed by atoms with Gasteiger partial charge in [-0.3, -0.25) is 0 Å². The summed E-state index contributed by atoms with van der Waals surface area (Å²) in [7, 11) is 0. The quantitative estimate of drug-likeness (QED) is 0.343. The first-order valence-electron chi connectivity index (χ1n) is 10.8. The van der Waals surface area contributed by atoms with Gasteiger partial charge >= 0.3 is 0 Å². The molecule has 3 rings (SSSR count). The van der Waals surface area contributed by atoms with Gasteiger partial charge in [0.15, 0.2) is 5.76 Å². The smallest absolute Gasteiger partial charge is 0.220 e.